The Balaban J connectivity index is 1.73. The van der Waals surface area contributed by atoms with Crippen molar-refractivity contribution >= 4 is 11.7 Å². The number of hydrogen-bond donors (Lipinski definition) is 1. The van der Waals surface area contributed by atoms with Crippen molar-refractivity contribution in [3.05, 3.63) is 12.3 Å². The van der Waals surface area contributed by atoms with E-state index in [0.717, 1.165) is 58.1 Å². The Morgan fingerprint density at radius 2 is 2.00 bits per heavy atom. The van der Waals surface area contributed by atoms with Gasteiger partial charge in [-0.05, 0) is 6.42 Å². The lowest BCUT2D eigenvalue weighted by Gasteiger charge is -2.34. The smallest absolute Gasteiger partial charge is 0.239 e. The summed E-state index contributed by atoms with van der Waals surface area (Å²) in [5.41, 5.74) is 0. The van der Waals surface area contributed by atoms with Crippen LogP contribution in [0.4, 0.5) is 5.82 Å². The van der Waals surface area contributed by atoms with Gasteiger partial charge in [0.1, 0.15) is 5.82 Å². The van der Waals surface area contributed by atoms with Gasteiger partial charge < -0.3 is 10.1 Å². The Kier molecular flexibility index (Phi) is 6.82. The van der Waals surface area contributed by atoms with Gasteiger partial charge >= 0.3 is 0 Å². The van der Waals surface area contributed by atoms with Crippen LogP contribution >= 0.6 is 0 Å². The van der Waals surface area contributed by atoms with Gasteiger partial charge in [-0.3, -0.25) is 14.6 Å². The molecule has 0 spiro atoms. The highest BCUT2D eigenvalue weighted by Gasteiger charge is 2.19. The second-order valence-corrected chi connectivity index (χ2v) is 5.60. The monoisotopic (exact) mass is 309 g/mol. The van der Waals surface area contributed by atoms with Crippen molar-refractivity contribution in [2.75, 3.05) is 58.3 Å². The van der Waals surface area contributed by atoms with E-state index in [4.69, 9.17) is 4.74 Å². The Hall–Kier alpha value is -1.44. The van der Waals surface area contributed by atoms with E-state index in [0.29, 0.717) is 6.54 Å². The molecule has 0 aliphatic carbocycles. The first-order valence-corrected chi connectivity index (χ1v) is 7.98. The number of nitrogens with one attached hydrogen (secondary N) is 1. The standard InChI is InChI=1S/C15H27N5O2/c1-3-6-20-14(4-5-16-20)17-15(21)13-19-9-7-18(8-10-19)11-12-22-2/h4-5H,3,6-13H2,1-2H3,(H,17,21). The zero-order chi connectivity index (χ0) is 15.8. The number of amides is 1. The van der Waals surface area contributed by atoms with Gasteiger partial charge in [0.25, 0.3) is 0 Å². The molecule has 0 bridgehead atoms. The summed E-state index contributed by atoms with van der Waals surface area (Å²) in [6.07, 6.45) is 2.72. The van der Waals surface area contributed by atoms with E-state index in [1.165, 1.54) is 0 Å². The normalized spacial score (nSPS) is 16.8. The first-order valence-electron chi connectivity index (χ1n) is 7.98. The zero-order valence-corrected chi connectivity index (χ0v) is 13.6. The number of aryl methyl sites for hydroxylation is 1. The minimum absolute atomic E-state index is 0.0307. The maximum atomic E-state index is 12.2. The first kappa shape index (κ1) is 16.9. The van der Waals surface area contributed by atoms with E-state index in [1.54, 1.807) is 13.3 Å². The predicted octanol–water partition coefficient (Wildman–Crippen LogP) is 0.496. The molecule has 0 atom stereocenters. The van der Waals surface area contributed by atoms with Crippen LogP contribution in [0.1, 0.15) is 13.3 Å². The molecule has 2 heterocycles. The van der Waals surface area contributed by atoms with Crippen LogP contribution in [0.25, 0.3) is 0 Å². The fourth-order valence-corrected chi connectivity index (χ4v) is 2.61. The maximum Gasteiger partial charge on any atom is 0.239 e. The Morgan fingerprint density at radius 1 is 1.27 bits per heavy atom. The van der Waals surface area contributed by atoms with Gasteiger partial charge in [-0.2, -0.15) is 5.10 Å². The van der Waals surface area contributed by atoms with E-state index in [1.807, 2.05) is 10.7 Å². The first-order chi connectivity index (χ1) is 10.7. The van der Waals surface area contributed by atoms with E-state index in [-0.39, 0.29) is 5.91 Å². The van der Waals surface area contributed by atoms with Crippen LogP contribution in [0.3, 0.4) is 0 Å². The third-order valence-corrected chi connectivity index (χ3v) is 3.86. The molecule has 1 saturated heterocycles. The van der Waals surface area contributed by atoms with E-state index in [9.17, 15) is 4.79 Å². The molecule has 1 aliphatic heterocycles. The van der Waals surface area contributed by atoms with Crippen LogP contribution in [0.5, 0.6) is 0 Å². The molecule has 1 aliphatic rings. The van der Waals surface area contributed by atoms with Gasteiger partial charge in [0.05, 0.1) is 19.3 Å². The van der Waals surface area contributed by atoms with Crippen molar-refractivity contribution in [3.63, 3.8) is 0 Å². The molecule has 7 heteroatoms. The molecule has 7 nitrogen and oxygen atoms in total. The minimum Gasteiger partial charge on any atom is -0.383 e. The predicted molar refractivity (Wildman–Crippen MR) is 85.9 cm³/mol. The molecule has 1 N–H and O–H groups in total. The van der Waals surface area contributed by atoms with E-state index >= 15 is 0 Å². The van der Waals surface area contributed by atoms with Crippen LogP contribution in [0.15, 0.2) is 12.3 Å². The lowest BCUT2D eigenvalue weighted by molar-refractivity contribution is -0.117. The van der Waals surface area contributed by atoms with Crippen molar-refractivity contribution in [2.24, 2.45) is 0 Å². The van der Waals surface area contributed by atoms with Crippen LogP contribution in [0, 0.1) is 0 Å². The number of rotatable bonds is 8. The van der Waals surface area contributed by atoms with Gasteiger partial charge in [-0.1, -0.05) is 6.92 Å². The van der Waals surface area contributed by atoms with E-state index in [2.05, 4.69) is 27.1 Å². The number of carbonyl (C=O) groups is 1. The lowest BCUT2D eigenvalue weighted by atomic mass is 10.3. The summed E-state index contributed by atoms with van der Waals surface area (Å²) in [6.45, 7) is 8.91. The third-order valence-electron chi connectivity index (χ3n) is 3.86. The zero-order valence-electron chi connectivity index (χ0n) is 13.6. The fraction of sp³-hybridized carbons (Fsp3) is 0.733. The van der Waals surface area contributed by atoms with Crippen LogP contribution in [0.2, 0.25) is 0 Å². The third kappa shape index (κ3) is 5.08. The van der Waals surface area contributed by atoms with E-state index < -0.39 is 0 Å². The summed E-state index contributed by atoms with van der Waals surface area (Å²) >= 11 is 0. The second-order valence-electron chi connectivity index (χ2n) is 5.60. The average molecular weight is 309 g/mol. The van der Waals surface area contributed by atoms with Crippen molar-refractivity contribution in [1.82, 2.24) is 19.6 Å². The van der Waals surface area contributed by atoms with Crippen molar-refractivity contribution in [3.8, 4) is 0 Å². The summed E-state index contributed by atoms with van der Waals surface area (Å²) in [4.78, 5) is 16.7. The molecule has 0 aromatic carbocycles. The SMILES string of the molecule is CCCn1nccc1NC(=O)CN1CCN(CCOC)CC1. The summed E-state index contributed by atoms with van der Waals surface area (Å²) in [7, 11) is 1.73. The Morgan fingerprint density at radius 3 is 2.68 bits per heavy atom. The number of methoxy groups -OCH3 is 1. The summed E-state index contributed by atoms with van der Waals surface area (Å²) in [5, 5.41) is 7.17. The molecule has 2 rings (SSSR count). The number of carbonyl (C=O) groups excluding carboxylic acids is 1. The number of nitrogens with zero attached hydrogens (tertiary/aromatic N) is 4. The van der Waals surface area contributed by atoms with Crippen LogP contribution in [-0.4, -0.2) is 78.5 Å². The van der Waals surface area contributed by atoms with Gasteiger partial charge in [-0.15, -0.1) is 0 Å². The van der Waals surface area contributed by atoms with Crippen LogP contribution < -0.4 is 5.32 Å². The highest BCUT2D eigenvalue weighted by molar-refractivity contribution is 5.91. The Labute approximate surface area is 132 Å². The summed E-state index contributed by atoms with van der Waals surface area (Å²) in [6, 6.07) is 1.84. The molecular weight excluding hydrogens is 282 g/mol. The minimum atomic E-state index is 0.0307. The number of ether oxygens (including phenoxy) is 1. The molecule has 0 radical (unpaired) electrons. The summed E-state index contributed by atoms with van der Waals surface area (Å²) in [5.74, 6) is 0.814. The van der Waals surface area contributed by atoms with Crippen molar-refractivity contribution < 1.29 is 9.53 Å². The lowest BCUT2D eigenvalue weighted by Crippen LogP contribution is -2.49. The van der Waals surface area contributed by atoms with Gasteiger partial charge in [0.15, 0.2) is 0 Å². The topological polar surface area (TPSA) is 62.6 Å². The maximum absolute atomic E-state index is 12.2. The second kappa shape index (κ2) is 8.87. The van der Waals surface area contributed by atoms with Crippen molar-refractivity contribution in [1.29, 1.82) is 0 Å². The van der Waals surface area contributed by atoms with Crippen LogP contribution in [-0.2, 0) is 16.1 Å². The molecule has 22 heavy (non-hydrogen) atoms. The summed E-state index contributed by atoms with van der Waals surface area (Å²) < 4.78 is 6.93. The van der Waals surface area contributed by atoms with Crippen molar-refractivity contribution in [2.45, 2.75) is 19.9 Å². The van der Waals surface area contributed by atoms with Gasteiger partial charge in [0, 0.05) is 52.4 Å². The highest BCUT2D eigenvalue weighted by Crippen LogP contribution is 2.08. The largest absolute Gasteiger partial charge is 0.383 e. The molecule has 0 unspecified atom stereocenters. The molecule has 1 fully saturated rings. The average Bonchev–Trinajstić information content (AvgIpc) is 2.94. The molecule has 0 saturated carbocycles. The molecule has 124 valence electrons. The molecular formula is C15H27N5O2. The quantitative estimate of drug-likeness (QED) is 0.757. The molecule has 1 amide bonds. The Bertz CT molecular complexity index is 455. The van der Waals surface area contributed by atoms with Gasteiger partial charge in [0.2, 0.25) is 5.91 Å². The highest BCUT2D eigenvalue weighted by atomic mass is 16.5. The number of hydrogen-bond acceptors (Lipinski definition) is 5. The molecule has 1 aromatic heterocycles. The number of aromatic nitrogens is 2. The van der Waals surface area contributed by atoms with Gasteiger partial charge in [-0.25, -0.2) is 4.68 Å². The number of anilines is 1. The molecule has 1 aromatic rings. The fourth-order valence-electron chi connectivity index (χ4n) is 2.61. The number of piperazine rings is 1.